The number of amides is 2. The van der Waals surface area contributed by atoms with E-state index in [-0.39, 0.29) is 17.2 Å². The predicted molar refractivity (Wildman–Crippen MR) is 117 cm³/mol. The summed E-state index contributed by atoms with van der Waals surface area (Å²) in [6.07, 6.45) is 4.12. The second kappa shape index (κ2) is 9.75. The molecule has 2 saturated heterocycles. The Morgan fingerprint density at radius 3 is 2.28 bits per heavy atom. The zero-order valence-electron chi connectivity index (χ0n) is 18.5. The zero-order chi connectivity index (χ0) is 20.9. The first-order valence-electron chi connectivity index (χ1n) is 11.2. The van der Waals surface area contributed by atoms with Crippen LogP contribution in [0.3, 0.4) is 0 Å². The van der Waals surface area contributed by atoms with Crippen molar-refractivity contribution in [2.24, 2.45) is 0 Å². The number of hydrogen-bond acceptors (Lipinski definition) is 3. The Labute approximate surface area is 176 Å². The maximum absolute atomic E-state index is 12.5. The van der Waals surface area contributed by atoms with Gasteiger partial charge in [-0.2, -0.15) is 0 Å². The van der Waals surface area contributed by atoms with Crippen LogP contribution in [0.1, 0.15) is 64.0 Å². The van der Waals surface area contributed by atoms with Crippen LogP contribution in [0.5, 0.6) is 0 Å². The molecule has 2 heterocycles. The molecule has 0 N–H and O–H groups in total. The molecule has 0 saturated carbocycles. The van der Waals surface area contributed by atoms with Crippen molar-refractivity contribution in [2.45, 2.75) is 64.8 Å². The third-order valence-electron chi connectivity index (χ3n) is 6.19. The van der Waals surface area contributed by atoms with Crippen molar-refractivity contribution in [2.75, 3.05) is 39.3 Å². The Bertz CT molecular complexity index is 685. The van der Waals surface area contributed by atoms with Gasteiger partial charge in [-0.3, -0.25) is 14.5 Å². The molecule has 1 aromatic rings. The molecule has 1 aromatic carbocycles. The van der Waals surface area contributed by atoms with Gasteiger partial charge in [0.05, 0.1) is 0 Å². The van der Waals surface area contributed by atoms with Gasteiger partial charge in [-0.1, -0.05) is 45.0 Å². The molecular weight excluding hydrogens is 362 g/mol. The fourth-order valence-electron chi connectivity index (χ4n) is 4.20. The molecule has 5 heteroatoms. The lowest BCUT2D eigenvalue weighted by molar-refractivity contribution is -0.136. The average Bonchev–Trinajstić information content (AvgIpc) is 2.70. The van der Waals surface area contributed by atoms with Crippen molar-refractivity contribution in [1.82, 2.24) is 14.7 Å². The minimum atomic E-state index is 0.186. The first-order valence-corrected chi connectivity index (χ1v) is 11.2. The highest BCUT2D eigenvalue weighted by molar-refractivity contribution is 5.77. The summed E-state index contributed by atoms with van der Waals surface area (Å²) < 4.78 is 0. The summed E-state index contributed by atoms with van der Waals surface area (Å²) in [7, 11) is 0. The Kier molecular flexibility index (Phi) is 7.33. The monoisotopic (exact) mass is 399 g/mol. The van der Waals surface area contributed by atoms with E-state index in [1.54, 1.807) is 0 Å². The van der Waals surface area contributed by atoms with Crippen molar-refractivity contribution in [3.63, 3.8) is 0 Å². The van der Waals surface area contributed by atoms with Crippen LogP contribution >= 0.6 is 0 Å². The molecule has 0 unspecified atom stereocenters. The third-order valence-corrected chi connectivity index (χ3v) is 6.19. The summed E-state index contributed by atoms with van der Waals surface area (Å²) in [4.78, 5) is 30.7. The molecule has 29 heavy (non-hydrogen) atoms. The predicted octanol–water partition coefficient (Wildman–Crippen LogP) is 3.42. The summed E-state index contributed by atoms with van der Waals surface area (Å²) in [6, 6.07) is 8.95. The van der Waals surface area contributed by atoms with Crippen LogP contribution in [-0.2, 0) is 21.5 Å². The molecule has 0 spiro atoms. The SMILES string of the molecule is CC(C)(C)c1ccc(CN2CCN(C(=O)CCCN3CCCCC3=O)CC2)cc1. The van der Waals surface area contributed by atoms with Gasteiger partial charge in [0.1, 0.15) is 0 Å². The number of rotatable bonds is 6. The van der Waals surface area contributed by atoms with Gasteiger partial charge in [-0.15, -0.1) is 0 Å². The molecule has 0 atom stereocenters. The normalized spacial score (nSPS) is 18.9. The number of nitrogens with zero attached hydrogens (tertiary/aromatic N) is 3. The van der Waals surface area contributed by atoms with E-state index >= 15 is 0 Å². The summed E-state index contributed by atoms with van der Waals surface area (Å²) in [5.41, 5.74) is 2.89. The van der Waals surface area contributed by atoms with Gasteiger partial charge in [-0.05, 0) is 35.8 Å². The standard InChI is InChI=1S/C24H37N3O2/c1-24(2,3)21-11-9-20(10-12-21)19-25-15-17-27(18-16-25)23(29)8-6-14-26-13-5-4-7-22(26)28/h9-12H,4-8,13-19H2,1-3H3. The van der Waals surface area contributed by atoms with Crippen LogP contribution in [0.15, 0.2) is 24.3 Å². The van der Waals surface area contributed by atoms with Crippen molar-refractivity contribution in [3.05, 3.63) is 35.4 Å². The molecule has 0 aromatic heterocycles. The number of likely N-dealkylation sites (tertiary alicyclic amines) is 1. The van der Waals surface area contributed by atoms with Crippen molar-refractivity contribution in [3.8, 4) is 0 Å². The molecule has 2 aliphatic heterocycles. The van der Waals surface area contributed by atoms with E-state index in [4.69, 9.17) is 0 Å². The fraction of sp³-hybridized carbons (Fsp3) is 0.667. The van der Waals surface area contributed by atoms with Crippen molar-refractivity contribution in [1.29, 1.82) is 0 Å². The summed E-state index contributed by atoms with van der Waals surface area (Å²) >= 11 is 0. The lowest BCUT2D eigenvalue weighted by atomic mass is 9.87. The molecule has 0 radical (unpaired) electrons. The number of carbonyl (C=O) groups excluding carboxylic acids is 2. The third kappa shape index (κ3) is 6.30. The van der Waals surface area contributed by atoms with E-state index < -0.39 is 0 Å². The van der Waals surface area contributed by atoms with Gasteiger partial charge < -0.3 is 9.80 Å². The number of piperidine rings is 1. The highest BCUT2D eigenvalue weighted by Gasteiger charge is 2.22. The fourth-order valence-corrected chi connectivity index (χ4v) is 4.20. The average molecular weight is 400 g/mol. The van der Waals surface area contributed by atoms with Gasteiger partial charge in [0.25, 0.3) is 0 Å². The Balaban J connectivity index is 1.37. The van der Waals surface area contributed by atoms with E-state index in [2.05, 4.69) is 49.9 Å². The van der Waals surface area contributed by atoms with Gasteiger partial charge in [0.15, 0.2) is 0 Å². The lowest BCUT2D eigenvalue weighted by Crippen LogP contribution is -2.48. The minimum absolute atomic E-state index is 0.186. The summed E-state index contributed by atoms with van der Waals surface area (Å²) in [6.45, 7) is 12.7. The first kappa shape index (κ1) is 21.8. The van der Waals surface area contributed by atoms with Gasteiger partial charge >= 0.3 is 0 Å². The number of hydrogen-bond donors (Lipinski definition) is 0. The highest BCUT2D eigenvalue weighted by Crippen LogP contribution is 2.22. The van der Waals surface area contributed by atoms with E-state index in [1.165, 1.54) is 11.1 Å². The molecule has 2 aliphatic rings. The number of benzene rings is 1. The first-order chi connectivity index (χ1) is 13.8. The van der Waals surface area contributed by atoms with Crippen molar-refractivity contribution >= 4 is 11.8 Å². The summed E-state index contributed by atoms with van der Waals surface area (Å²) in [5.74, 6) is 0.497. The zero-order valence-corrected chi connectivity index (χ0v) is 18.5. The van der Waals surface area contributed by atoms with Gasteiger partial charge in [0.2, 0.25) is 11.8 Å². The maximum atomic E-state index is 12.5. The van der Waals surface area contributed by atoms with Crippen LogP contribution in [0, 0.1) is 0 Å². The molecule has 0 bridgehead atoms. The highest BCUT2D eigenvalue weighted by atomic mass is 16.2. The molecule has 0 aliphatic carbocycles. The summed E-state index contributed by atoms with van der Waals surface area (Å²) in [5, 5.41) is 0. The van der Waals surface area contributed by atoms with E-state index in [0.29, 0.717) is 12.8 Å². The molecule has 160 valence electrons. The van der Waals surface area contributed by atoms with Crippen LogP contribution in [-0.4, -0.2) is 65.8 Å². The largest absolute Gasteiger partial charge is 0.343 e. The Morgan fingerprint density at radius 1 is 0.966 bits per heavy atom. The van der Waals surface area contributed by atoms with Crippen LogP contribution in [0.25, 0.3) is 0 Å². The van der Waals surface area contributed by atoms with Crippen LogP contribution < -0.4 is 0 Å². The number of carbonyl (C=O) groups is 2. The maximum Gasteiger partial charge on any atom is 0.222 e. The smallest absolute Gasteiger partial charge is 0.222 e. The quantitative estimate of drug-likeness (QED) is 0.736. The van der Waals surface area contributed by atoms with Crippen LogP contribution in [0.4, 0.5) is 0 Å². The van der Waals surface area contributed by atoms with E-state index in [0.717, 1.165) is 65.1 Å². The Morgan fingerprint density at radius 2 is 1.66 bits per heavy atom. The van der Waals surface area contributed by atoms with E-state index in [1.807, 2.05) is 9.80 Å². The van der Waals surface area contributed by atoms with E-state index in [9.17, 15) is 9.59 Å². The minimum Gasteiger partial charge on any atom is -0.343 e. The Hall–Kier alpha value is -1.88. The molecular formula is C24H37N3O2. The van der Waals surface area contributed by atoms with Crippen LogP contribution in [0.2, 0.25) is 0 Å². The molecule has 2 amide bonds. The lowest BCUT2D eigenvalue weighted by Gasteiger charge is -2.35. The molecule has 2 fully saturated rings. The van der Waals surface area contributed by atoms with Crippen molar-refractivity contribution < 1.29 is 9.59 Å². The van der Waals surface area contributed by atoms with Gasteiger partial charge in [-0.25, -0.2) is 0 Å². The molecule has 3 rings (SSSR count). The second-order valence-electron chi connectivity index (χ2n) is 9.55. The second-order valence-corrected chi connectivity index (χ2v) is 9.55. The van der Waals surface area contributed by atoms with Gasteiger partial charge in [0, 0.05) is 58.7 Å². The topological polar surface area (TPSA) is 43.9 Å². The number of piperazine rings is 1. The molecule has 5 nitrogen and oxygen atoms in total.